The van der Waals surface area contributed by atoms with Gasteiger partial charge in [0.05, 0.1) is 5.75 Å². The first-order valence-electron chi connectivity index (χ1n) is 8.92. The Balaban J connectivity index is 1.84. The van der Waals surface area contributed by atoms with Gasteiger partial charge in [0.2, 0.25) is 5.91 Å². The van der Waals surface area contributed by atoms with Crippen molar-refractivity contribution in [1.82, 2.24) is 5.32 Å². The molecule has 0 aliphatic carbocycles. The van der Waals surface area contributed by atoms with Crippen LogP contribution in [-0.2, 0) is 10.5 Å². The number of halogens is 1. The number of aryl methyl sites for hydroxylation is 1. The lowest BCUT2D eigenvalue weighted by molar-refractivity contribution is -0.119. The predicted octanol–water partition coefficient (Wildman–Crippen LogP) is 5.05. The Morgan fingerprint density at radius 3 is 2.48 bits per heavy atom. The van der Waals surface area contributed by atoms with Crippen LogP contribution in [0.15, 0.2) is 42.5 Å². The molecule has 144 valence electrons. The first-order valence-corrected chi connectivity index (χ1v) is 10.5. The maximum atomic E-state index is 12.4. The predicted molar refractivity (Wildman–Crippen MR) is 115 cm³/mol. The molecule has 0 heterocycles. The summed E-state index contributed by atoms with van der Waals surface area (Å²) in [7, 11) is 0. The van der Waals surface area contributed by atoms with E-state index in [1.54, 1.807) is 36.0 Å². The molecule has 0 bridgehead atoms. The Hall–Kier alpha value is -1.98. The largest absolute Gasteiger partial charge is 0.353 e. The van der Waals surface area contributed by atoms with Crippen LogP contribution < -0.4 is 10.6 Å². The lowest BCUT2D eigenvalue weighted by Gasteiger charge is -2.11. The molecular formula is C21H25ClN2O2S. The monoisotopic (exact) mass is 404 g/mol. The Bertz CT molecular complexity index is 793. The van der Waals surface area contributed by atoms with Gasteiger partial charge in [-0.1, -0.05) is 30.7 Å². The van der Waals surface area contributed by atoms with Crippen molar-refractivity contribution in [2.75, 3.05) is 11.1 Å². The molecule has 2 aromatic carbocycles. The highest BCUT2D eigenvalue weighted by atomic mass is 35.5. The van der Waals surface area contributed by atoms with E-state index in [2.05, 4.69) is 10.6 Å². The summed E-state index contributed by atoms with van der Waals surface area (Å²) >= 11 is 7.57. The second-order valence-corrected chi connectivity index (χ2v) is 7.88. The van der Waals surface area contributed by atoms with E-state index in [1.807, 2.05) is 39.0 Å². The summed E-state index contributed by atoms with van der Waals surface area (Å²) < 4.78 is 0. The van der Waals surface area contributed by atoms with E-state index in [-0.39, 0.29) is 17.9 Å². The van der Waals surface area contributed by atoms with Gasteiger partial charge in [0, 0.05) is 28.1 Å². The fourth-order valence-corrected chi connectivity index (χ4v) is 3.27. The van der Waals surface area contributed by atoms with Gasteiger partial charge in [0.15, 0.2) is 0 Å². The van der Waals surface area contributed by atoms with Crippen molar-refractivity contribution in [1.29, 1.82) is 0 Å². The third-order valence-electron chi connectivity index (χ3n) is 4.15. The number of anilines is 1. The molecule has 2 aromatic rings. The van der Waals surface area contributed by atoms with Crippen LogP contribution in [0.25, 0.3) is 0 Å². The summed E-state index contributed by atoms with van der Waals surface area (Å²) in [5.74, 6) is 1.06. The van der Waals surface area contributed by atoms with Crippen LogP contribution in [0.5, 0.6) is 0 Å². The standard InChI is InChI=1S/C21H25ClN2O2S/c1-4-15(3)23-20(25)13-27-12-16-5-7-17(8-6-16)21(26)24-18-9-10-19(22)14(2)11-18/h5-11,15H,4,12-13H2,1-3H3,(H,23,25)(H,24,26)/t15-/m0/s1. The van der Waals surface area contributed by atoms with E-state index in [1.165, 1.54) is 0 Å². The Labute approximate surface area is 170 Å². The average molecular weight is 405 g/mol. The van der Waals surface area contributed by atoms with Crippen LogP contribution >= 0.6 is 23.4 Å². The van der Waals surface area contributed by atoms with Crippen LogP contribution in [0.3, 0.4) is 0 Å². The number of amides is 2. The molecule has 0 aromatic heterocycles. The molecule has 2 rings (SSSR count). The molecule has 2 N–H and O–H groups in total. The van der Waals surface area contributed by atoms with Crippen LogP contribution in [0.2, 0.25) is 5.02 Å². The Morgan fingerprint density at radius 1 is 1.15 bits per heavy atom. The number of carbonyl (C=O) groups is 2. The molecule has 0 aliphatic rings. The van der Waals surface area contributed by atoms with Crippen molar-refractivity contribution in [2.45, 2.75) is 39.0 Å². The first kappa shape index (κ1) is 21.3. The lowest BCUT2D eigenvalue weighted by Crippen LogP contribution is -2.33. The number of carbonyl (C=O) groups excluding carboxylic acids is 2. The third-order valence-corrected chi connectivity index (χ3v) is 5.58. The van der Waals surface area contributed by atoms with E-state index in [9.17, 15) is 9.59 Å². The second-order valence-electron chi connectivity index (χ2n) is 6.48. The van der Waals surface area contributed by atoms with Crippen molar-refractivity contribution in [3.63, 3.8) is 0 Å². The molecule has 0 saturated carbocycles. The van der Waals surface area contributed by atoms with E-state index in [4.69, 9.17) is 11.6 Å². The highest BCUT2D eigenvalue weighted by molar-refractivity contribution is 7.99. The van der Waals surface area contributed by atoms with Crippen LogP contribution in [0, 0.1) is 6.92 Å². The third kappa shape index (κ3) is 6.92. The molecule has 0 saturated heterocycles. The van der Waals surface area contributed by atoms with E-state index in [0.717, 1.165) is 23.3 Å². The van der Waals surface area contributed by atoms with Crippen molar-refractivity contribution in [2.24, 2.45) is 0 Å². The molecule has 0 unspecified atom stereocenters. The fourth-order valence-electron chi connectivity index (χ4n) is 2.36. The summed E-state index contributed by atoms with van der Waals surface area (Å²) in [5.41, 5.74) is 3.30. The first-order chi connectivity index (χ1) is 12.9. The zero-order valence-corrected chi connectivity index (χ0v) is 17.4. The smallest absolute Gasteiger partial charge is 0.255 e. The zero-order chi connectivity index (χ0) is 19.8. The van der Waals surface area contributed by atoms with Crippen LogP contribution in [0.1, 0.15) is 41.8 Å². The van der Waals surface area contributed by atoms with Crippen molar-refractivity contribution < 1.29 is 9.59 Å². The van der Waals surface area contributed by atoms with E-state index >= 15 is 0 Å². The number of nitrogens with one attached hydrogen (secondary N) is 2. The van der Waals surface area contributed by atoms with Gasteiger partial charge >= 0.3 is 0 Å². The van der Waals surface area contributed by atoms with Crippen molar-refractivity contribution in [3.05, 3.63) is 64.2 Å². The van der Waals surface area contributed by atoms with E-state index < -0.39 is 0 Å². The average Bonchev–Trinajstić information content (AvgIpc) is 2.65. The number of benzene rings is 2. The molecule has 0 spiro atoms. The van der Waals surface area contributed by atoms with Gasteiger partial charge in [-0.2, -0.15) is 0 Å². The second kappa shape index (κ2) is 10.4. The molecule has 0 fully saturated rings. The molecule has 0 aliphatic heterocycles. The topological polar surface area (TPSA) is 58.2 Å². The molecule has 6 heteroatoms. The molecule has 27 heavy (non-hydrogen) atoms. The Kier molecular flexibility index (Phi) is 8.20. The van der Waals surface area contributed by atoms with Gasteiger partial charge in [-0.3, -0.25) is 9.59 Å². The molecule has 4 nitrogen and oxygen atoms in total. The fraction of sp³-hybridized carbons (Fsp3) is 0.333. The van der Waals surface area contributed by atoms with Crippen LogP contribution in [-0.4, -0.2) is 23.6 Å². The van der Waals surface area contributed by atoms with Gasteiger partial charge in [-0.05, 0) is 61.7 Å². The Morgan fingerprint density at radius 2 is 1.85 bits per heavy atom. The summed E-state index contributed by atoms with van der Waals surface area (Å²) in [6, 6.07) is 13.0. The molecular weight excluding hydrogens is 380 g/mol. The van der Waals surface area contributed by atoms with Gasteiger partial charge in [-0.25, -0.2) is 0 Å². The summed E-state index contributed by atoms with van der Waals surface area (Å²) in [6.45, 7) is 5.94. The van der Waals surface area contributed by atoms with Gasteiger partial charge < -0.3 is 10.6 Å². The number of thioether (sulfide) groups is 1. The van der Waals surface area contributed by atoms with Crippen LogP contribution in [0.4, 0.5) is 5.69 Å². The highest BCUT2D eigenvalue weighted by Crippen LogP contribution is 2.20. The van der Waals surface area contributed by atoms with Crippen molar-refractivity contribution >= 4 is 40.9 Å². The van der Waals surface area contributed by atoms with Gasteiger partial charge in [0.25, 0.3) is 5.91 Å². The van der Waals surface area contributed by atoms with Gasteiger partial charge in [0.1, 0.15) is 0 Å². The zero-order valence-electron chi connectivity index (χ0n) is 15.8. The maximum absolute atomic E-state index is 12.4. The number of hydrogen-bond donors (Lipinski definition) is 2. The van der Waals surface area contributed by atoms with Gasteiger partial charge in [-0.15, -0.1) is 11.8 Å². The minimum absolute atomic E-state index is 0.0589. The SMILES string of the molecule is CC[C@H](C)NC(=O)CSCc1ccc(C(=O)Nc2ccc(Cl)c(C)c2)cc1. The number of rotatable bonds is 8. The number of hydrogen-bond acceptors (Lipinski definition) is 3. The highest BCUT2D eigenvalue weighted by Gasteiger charge is 2.08. The quantitative estimate of drug-likeness (QED) is 0.647. The summed E-state index contributed by atoms with van der Waals surface area (Å²) in [5, 5.41) is 6.50. The molecule has 1 atom stereocenters. The lowest BCUT2D eigenvalue weighted by atomic mass is 10.1. The normalized spacial score (nSPS) is 11.7. The molecule has 0 radical (unpaired) electrons. The molecule has 2 amide bonds. The minimum Gasteiger partial charge on any atom is -0.353 e. The van der Waals surface area contributed by atoms with E-state index in [0.29, 0.717) is 22.0 Å². The minimum atomic E-state index is -0.163. The maximum Gasteiger partial charge on any atom is 0.255 e. The summed E-state index contributed by atoms with van der Waals surface area (Å²) in [4.78, 5) is 24.1. The summed E-state index contributed by atoms with van der Waals surface area (Å²) in [6.07, 6.45) is 0.926. The van der Waals surface area contributed by atoms with Crippen molar-refractivity contribution in [3.8, 4) is 0 Å².